The van der Waals surface area contributed by atoms with Crippen LogP contribution in [-0.4, -0.2) is 29.7 Å². The van der Waals surface area contributed by atoms with Crippen molar-refractivity contribution in [3.05, 3.63) is 23.0 Å². The van der Waals surface area contributed by atoms with Crippen LogP contribution in [0.15, 0.2) is 6.07 Å². The van der Waals surface area contributed by atoms with E-state index in [4.69, 9.17) is 11.5 Å². The number of nitrogens with zero attached hydrogens (tertiary/aromatic N) is 2. The Kier molecular flexibility index (Phi) is 3.51. The molecule has 1 N–H and O–H groups in total. The average Bonchev–Trinajstić information content (AvgIpc) is 2.15. The zero-order chi connectivity index (χ0) is 12.3. The van der Waals surface area contributed by atoms with E-state index in [-0.39, 0.29) is 5.56 Å². The number of aryl methyl sites for hydroxylation is 2. The summed E-state index contributed by atoms with van der Waals surface area (Å²) in [5.41, 5.74) is 2.10. The molecule has 16 heavy (non-hydrogen) atoms. The maximum Gasteiger partial charge on any atom is 0.339 e. The molecule has 1 aromatic heterocycles. The van der Waals surface area contributed by atoms with Crippen LogP contribution in [0.4, 0.5) is 5.69 Å². The van der Waals surface area contributed by atoms with Crippen molar-refractivity contribution >= 4 is 11.7 Å². The van der Waals surface area contributed by atoms with Gasteiger partial charge in [-0.15, -0.1) is 6.42 Å². The second-order valence-corrected chi connectivity index (χ2v) is 3.61. The molecule has 0 bridgehead atoms. The van der Waals surface area contributed by atoms with Crippen molar-refractivity contribution in [1.82, 2.24) is 4.98 Å². The molecule has 0 aliphatic rings. The molecule has 1 aromatic rings. The third kappa shape index (κ3) is 2.31. The topological polar surface area (TPSA) is 53.4 Å². The molecule has 0 spiro atoms. The SMILES string of the molecule is C#CCN(C)c1cc(C)nc(C)c1C(=O)O. The fourth-order valence-corrected chi connectivity index (χ4v) is 1.60. The molecule has 0 aliphatic heterocycles. The van der Waals surface area contributed by atoms with Crippen LogP contribution in [0.3, 0.4) is 0 Å². The zero-order valence-corrected chi connectivity index (χ0v) is 9.61. The summed E-state index contributed by atoms with van der Waals surface area (Å²) in [7, 11) is 1.76. The second-order valence-electron chi connectivity index (χ2n) is 3.61. The number of hydrogen-bond donors (Lipinski definition) is 1. The van der Waals surface area contributed by atoms with Gasteiger partial charge in [-0.2, -0.15) is 0 Å². The van der Waals surface area contributed by atoms with Gasteiger partial charge in [-0.05, 0) is 19.9 Å². The highest BCUT2D eigenvalue weighted by Crippen LogP contribution is 2.22. The first-order chi connectivity index (χ1) is 7.47. The standard InChI is InChI=1S/C12H14N2O2/c1-5-6-14(4)10-7-8(2)13-9(3)11(10)12(15)16/h1,7H,6H2,2-4H3,(H,15,16). The molecule has 1 heterocycles. The molecule has 0 unspecified atom stereocenters. The van der Waals surface area contributed by atoms with E-state index in [1.54, 1.807) is 24.9 Å². The van der Waals surface area contributed by atoms with Gasteiger partial charge in [-0.25, -0.2) is 4.79 Å². The Morgan fingerprint density at radius 1 is 1.62 bits per heavy atom. The van der Waals surface area contributed by atoms with Gasteiger partial charge in [-0.3, -0.25) is 4.98 Å². The smallest absolute Gasteiger partial charge is 0.339 e. The summed E-state index contributed by atoms with van der Waals surface area (Å²) in [6.45, 7) is 3.87. The first-order valence-corrected chi connectivity index (χ1v) is 4.83. The van der Waals surface area contributed by atoms with Gasteiger partial charge in [0.25, 0.3) is 0 Å². The van der Waals surface area contributed by atoms with E-state index in [0.717, 1.165) is 5.69 Å². The zero-order valence-electron chi connectivity index (χ0n) is 9.61. The van der Waals surface area contributed by atoms with Crippen molar-refractivity contribution < 1.29 is 9.90 Å². The number of aromatic nitrogens is 1. The van der Waals surface area contributed by atoms with Gasteiger partial charge in [0, 0.05) is 12.7 Å². The summed E-state index contributed by atoms with van der Waals surface area (Å²) < 4.78 is 0. The summed E-state index contributed by atoms with van der Waals surface area (Å²) in [4.78, 5) is 17.0. The molecule has 0 fully saturated rings. The van der Waals surface area contributed by atoms with Crippen LogP contribution in [-0.2, 0) is 0 Å². The van der Waals surface area contributed by atoms with Gasteiger partial charge in [0.05, 0.1) is 17.9 Å². The number of hydrogen-bond acceptors (Lipinski definition) is 3. The average molecular weight is 218 g/mol. The minimum absolute atomic E-state index is 0.211. The lowest BCUT2D eigenvalue weighted by molar-refractivity contribution is 0.0696. The van der Waals surface area contributed by atoms with E-state index >= 15 is 0 Å². The Bertz CT molecular complexity index is 461. The van der Waals surface area contributed by atoms with Gasteiger partial charge in [0.1, 0.15) is 5.56 Å². The number of carbonyl (C=O) groups is 1. The molecular formula is C12H14N2O2. The summed E-state index contributed by atoms with van der Waals surface area (Å²) in [5, 5.41) is 9.14. The highest BCUT2D eigenvalue weighted by molar-refractivity contribution is 5.95. The molecule has 4 heteroatoms. The van der Waals surface area contributed by atoms with Crippen LogP contribution in [0.1, 0.15) is 21.7 Å². The van der Waals surface area contributed by atoms with Crippen LogP contribution in [0.2, 0.25) is 0 Å². The predicted octanol–water partition coefficient (Wildman–Crippen LogP) is 1.47. The minimum Gasteiger partial charge on any atom is -0.478 e. The van der Waals surface area contributed by atoms with E-state index in [1.807, 2.05) is 6.92 Å². The summed E-state index contributed by atoms with van der Waals surface area (Å²) in [6.07, 6.45) is 5.21. The summed E-state index contributed by atoms with van der Waals surface area (Å²) >= 11 is 0. The molecule has 0 saturated heterocycles. The van der Waals surface area contributed by atoms with Crippen molar-refractivity contribution in [3.8, 4) is 12.3 Å². The summed E-state index contributed by atoms with van der Waals surface area (Å²) in [6, 6.07) is 1.73. The van der Waals surface area contributed by atoms with Gasteiger partial charge < -0.3 is 10.0 Å². The van der Waals surface area contributed by atoms with E-state index in [1.165, 1.54) is 0 Å². The fourth-order valence-electron chi connectivity index (χ4n) is 1.60. The predicted molar refractivity (Wildman–Crippen MR) is 62.8 cm³/mol. The van der Waals surface area contributed by atoms with E-state index in [9.17, 15) is 4.79 Å². The van der Waals surface area contributed by atoms with Crippen molar-refractivity contribution in [3.63, 3.8) is 0 Å². The maximum absolute atomic E-state index is 11.1. The number of terminal acetylenes is 1. The molecule has 4 nitrogen and oxygen atoms in total. The molecule has 84 valence electrons. The van der Waals surface area contributed by atoms with Crippen molar-refractivity contribution in [2.75, 3.05) is 18.5 Å². The first-order valence-electron chi connectivity index (χ1n) is 4.83. The largest absolute Gasteiger partial charge is 0.478 e. The monoisotopic (exact) mass is 218 g/mol. The normalized spacial score (nSPS) is 9.62. The fraction of sp³-hybridized carbons (Fsp3) is 0.333. The number of aromatic carboxylic acids is 1. The van der Waals surface area contributed by atoms with Gasteiger partial charge in [-0.1, -0.05) is 5.92 Å². The molecule has 0 aliphatic carbocycles. The second kappa shape index (κ2) is 4.67. The van der Waals surface area contributed by atoms with Crippen molar-refractivity contribution in [2.24, 2.45) is 0 Å². The van der Waals surface area contributed by atoms with Crippen LogP contribution in [0.25, 0.3) is 0 Å². The van der Waals surface area contributed by atoms with Gasteiger partial charge in [0.15, 0.2) is 0 Å². The van der Waals surface area contributed by atoms with Crippen LogP contribution < -0.4 is 4.90 Å². The van der Waals surface area contributed by atoms with E-state index in [0.29, 0.717) is 17.9 Å². The van der Waals surface area contributed by atoms with Crippen LogP contribution >= 0.6 is 0 Å². The lowest BCUT2D eigenvalue weighted by Gasteiger charge is -2.20. The Morgan fingerprint density at radius 3 is 2.75 bits per heavy atom. The first kappa shape index (κ1) is 12.1. The Hall–Kier alpha value is -2.02. The molecular weight excluding hydrogens is 204 g/mol. The minimum atomic E-state index is -0.983. The maximum atomic E-state index is 11.1. The van der Waals surface area contributed by atoms with Crippen LogP contribution in [0, 0.1) is 26.2 Å². The molecule has 0 amide bonds. The highest BCUT2D eigenvalue weighted by Gasteiger charge is 2.17. The number of carboxylic acid groups (broad SMARTS) is 1. The molecule has 0 radical (unpaired) electrons. The molecule has 0 saturated carbocycles. The van der Waals surface area contributed by atoms with E-state index < -0.39 is 5.97 Å². The van der Waals surface area contributed by atoms with E-state index in [2.05, 4.69) is 10.9 Å². The molecule has 0 atom stereocenters. The van der Waals surface area contributed by atoms with Crippen molar-refractivity contribution in [2.45, 2.75) is 13.8 Å². The Morgan fingerprint density at radius 2 is 2.25 bits per heavy atom. The number of carboxylic acids is 1. The lowest BCUT2D eigenvalue weighted by atomic mass is 10.1. The van der Waals surface area contributed by atoms with Crippen molar-refractivity contribution in [1.29, 1.82) is 0 Å². The Labute approximate surface area is 94.9 Å². The van der Waals surface area contributed by atoms with Gasteiger partial charge >= 0.3 is 5.97 Å². The number of pyridine rings is 1. The highest BCUT2D eigenvalue weighted by atomic mass is 16.4. The third-order valence-corrected chi connectivity index (χ3v) is 2.26. The molecule has 0 aromatic carbocycles. The number of rotatable bonds is 3. The Balaban J connectivity index is 3.36. The quantitative estimate of drug-likeness (QED) is 0.780. The van der Waals surface area contributed by atoms with Gasteiger partial charge in [0.2, 0.25) is 0 Å². The molecule has 1 rings (SSSR count). The van der Waals surface area contributed by atoms with Crippen LogP contribution in [0.5, 0.6) is 0 Å². The lowest BCUT2D eigenvalue weighted by Crippen LogP contribution is -2.21. The number of anilines is 1. The third-order valence-electron chi connectivity index (χ3n) is 2.26. The summed E-state index contributed by atoms with van der Waals surface area (Å²) in [5.74, 6) is 1.50.